The van der Waals surface area contributed by atoms with E-state index in [-0.39, 0.29) is 5.02 Å². The zero-order valence-electron chi connectivity index (χ0n) is 11.1. The van der Waals surface area contributed by atoms with Crippen LogP contribution in [0.4, 0.5) is 4.39 Å². The number of rotatable bonds is 4. The molecule has 1 aromatic carbocycles. The lowest BCUT2D eigenvalue weighted by molar-refractivity contribution is 0.611. The molecule has 0 unspecified atom stereocenters. The lowest BCUT2D eigenvalue weighted by Gasteiger charge is -2.01. The minimum atomic E-state index is -0.470. The second-order valence-corrected chi connectivity index (χ2v) is 4.77. The molecule has 2 heterocycles. The van der Waals surface area contributed by atoms with Crippen LogP contribution >= 0.6 is 11.6 Å². The summed E-state index contributed by atoms with van der Waals surface area (Å²) in [5.74, 6) is 0.302. The van der Waals surface area contributed by atoms with Crippen LogP contribution < -0.4 is 0 Å². The fourth-order valence-electron chi connectivity index (χ4n) is 1.88. The van der Waals surface area contributed by atoms with Gasteiger partial charge in [-0.3, -0.25) is 0 Å². The normalized spacial score (nSPS) is 11.0. The first-order valence-corrected chi connectivity index (χ1v) is 6.67. The predicted octanol–water partition coefficient (Wildman–Crippen LogP) is 1.66. The summed E-state index contributed by atoms with van der Waals surface area (Å²) < 4.78 is 16.3. The minimum Gasteiger partial charge on any atom is -0.223 e. The maximum Gasteiger partial charge on any atom is 0.151 e. The van der Waals surface area contributed by atoms with Crippen LogP contribution in [0.2, 0.25) is 5.02 Å². The summed E-state index contributed by atoms with van der Waals surface area (Å²) in [4.78, 5) is 0. The molecule has 108 valence electrons. The Bertz CT molecular complexity index is 767. The van der Waals surface area contributed by atoms with Crippen LogP contribution in [0.15, 0.2) is 24.4 Å². The maximum absolute atomic E-state index is 13.2. The van der Waals surface area contributed by atoms with E-state index in [2.05, 4.69) is 25.8 Å². The van der Waals surface area contributed by atoms with Crippen molar-refractivity contribution in [1.82, 2.24) is 35.2 Å². The Morgan fingerprint density at radius 1 is 1.24 bits per heavy atom. The molecule has 3 rings (SSSR count). The van der Waals surface area contributed by atoms with Crippen molar-refractivity contribution in [1.29, 1.82) is 0 Å². The Labute approximate surface area is 124 Å². The molecule has 2 aromatic heterocycles. The standard InChI is InChI=1S/C12H11ClFN7/c1-2-12-16-17-19-21(12)7-8-6-20(18-15-8)9-3-4-11(14)10(13)5-9/h3-6H,2,7H2,1H3. The molecule has 0 spiro atoms. The first-order valence-electron chi connectivity index (χ1n) is 6.29. The lowest BCUT2D eigenvalue weighted by Crippen LogP contribution is -2.06. The van der Waals surface area contributed by atoms with Crippen LogP contribution in [0.25, 0.3) is 5.69 Å². The molecule has 0 aliphatic carbocycles. The summed E-state index contributed by atoms with van der Waals surface area (Å²) in [6.07, 6.45) is 2.46. The summed E-state index contributed by atoms with van der Waals surface area (Å²) in [6, 6.07) is 4.35. The number of hydrogen-bond donors (Lipinski definition) is 0. The molecule has 0 bridgehead atoms. The van der Waals surface area contributed by atoms with Crippen LogP contribution in [0.3, 0.4) is 0 Å². The fourth-order valence-corrected chi connectivity index (χ4v) is 2.05. The van der Waals surface area contributed by atoms with Gasteiger partial charge in [-0.2, -0.15) is 0 Å². The molecule has 21 heavy (non-hydrogen) atoms. The number of aryl methyl sites for hydroxylation is 1. The van der Waals surface area contributed by atoms with Crippen molar-refractivity contribution in [3.63, 3.8) is 0 Å². The predicted molar refractivity (Wildman–Crippen MR) is 72.6 cm³/mol. The molecule has 7 nitrogen and oxygen atoms in total. The van der Waals surface area contributed by atoms with Gasteiger partial charge in [0.05, 0.1) is 23.5 Å². The van der Waals surface area contributed by atoms with Gasteiger partial charge < -0.3 is 0 Å². The third kappa shape index (κ3) is 2.75. The molecule has 0 radical (unpaired) electrons. The monoisotopic (exact) mass is 307 g/mol. The number of halogens is 2. The van der Waals surface area contributed by atoms with E-state index >= 15 is 0 Å². The van der Waals surface area contributed by atoms with E-state index in [1.54, 1.807) is 16.9 Å². The largest absolute Gasteiger partial charge is 0.223 e. The lowest BCUT2D eigenvalue weighted by atomic mass is 10.3. The topological polar surface area (TPSA) is 74.3 Å². The van der Waals surface area contributed by atoms with Gasteiger partial charge in [-0.15, -0.1) is 10.2 Å². The molecule has 9 heteroatoms. The highest BCUT2D eigenvalue weighted by molar-refractivity contribution is 6.30. The number of aromatic nitrogens is 7. The van der Waals surface area contributed by atoms with Crippen molar-refractivity contribution >= 4 is 11.6 Å². The van der Waals surface area contributed by atoms with Gasteiger partial charge >= 0.3 is 0 Å². The summed E-state index contributed by atoms with van der Waals surface area (Å²) in [5, 5.41) is 19.5. The molecule has 0 amide bonds. The Balaban J connectivity index is 1.84. The van der Waals surface area contributed by atoms with Crippen molar-refractivity contribution in [2.45, 2.75) is 19.9 Å². The molecule has 0 N–H and O–H groups in total. The Hall–Kier alpha value is -2.35. The van der Waals surface area contributed by atoms with Crippen molar-refractivity contribution in [2.24, 2.45) is 0 Å². The van der Waals surface area contributed by atoms with Crippen LogP contribution in [0.1, 0.15) is 18.4 Å². The van der Waals surface area contributed by atoms with Gasteiger partial charge in [0.1, 0.15) is 11.5 Å². The van der Waals surface area contributed by atoms with Gasteiger partial charge in [0, 0.05) is 6.42 Å². The highest BCUT2D eigenvalue weighted by Crippen LogP contribution is 2.18. The second-order valence-electron chi connectivity index (χ2n) is 4.36. The van der Waals surface area contributed by atoms with E-state index in [9.17, 15) is 4.39 Å². The highest BCUT2D eigenvalue weighted by Gasteiger charge is 2.09. The van der Waals surface area contributed by atoms with Gasteiger partial charge in [0.15, 0.2) is 5.82 Å². The van der Waals surface area contributed by atoms with E-state index in [0.29, 0.717) is 17.9 Å². The van der Waals surface area contributed by atoms with E-state index in [1.165, 1.54) is 16.8 Å². The van der Waals surface area contributed by atoms with Crippen molar-refractivity contribution in [3.8, 4) is 5.69 Å². The first kappa shape index (κ1) is 13.6. The average Bonchev–Trinajstić information content (AvgIpc) is 3.11. The summed E-state index contributed by atoms with van der Waals surface area (Å²) in [5.41, 5.74) is 1.32. The highest BCUT2D eigenvalue weighted by atomic mass is 35.5. The van der Waals surface area contributed by atoms with Crippen molar-refractivity contribution in [3.05, 3.63) is 46.8 Å². The number of hydrogen-bond acceptors (Lipinski definition) is 5. The summed E-state index contributed by atoms with van der Waals surface area (Å²) in [7, 11) is 0. The van der Waals surface area contributed by atoms with Gasteiger partial charge in [0.25, 0.3) is 0 Å². The Morgan fingerprint density at radius 2 is 2.10 bits per heavy atom. The van der Waals surface area contributed by atoms with E-state index in [1.807, 2.05) is 6.92 Å². The summed E-state index contributed by atoms with van der Waals surface area (Å²) in [6.45, 7) is 2.39. The Morgan fingerprint density at radius 3 is 2.86 bits per heavy atom. The number of benzene rings is 1. The van der Waals surface area contributed by atoms with Crippen molar-refractivity contribution < 1.29 is 4.39 Å². The molecule has 0 aliphatic rings. The molecule has 3 aromatic rings. The van der Waals surface area contributed by atoms with Gasteiger partial charge in [-0.25, -0.2) is 13.8 Å². The quantitative estimate of drug-likeness (QED) is 0.733. The zero-order chi connectivity index (χ0) is 14.8. The van der Waals surface area contributed by atoms with Crippen LogP contribution in [0, 0.1) is 5.82 Å². The van der Waals surface area contributed by atoms with Crippen LogP contribution in [0.5, 0.6) is 0 Å². The van der Waals surface area contributed by atoms with Gasteiger partial charge in [-0.05, 0) is 28.6 Å². The molecule has 0 saturated heterocycles. The van der Waals surface area contributed by atoms with Gasteiger partial charge in [0.2, 0.25) is 0 Å². The third-order valence-corrected chi connectivity index (χ3v) is 3.23. The maximum atomic E-state index is 13.2. The van der Waals surface area contributed by atoms with E-state index in [4.69, 9.17) is 11.6 Å². The number of nitrogens with zero attached hydrogens (tertiary/aromatic N) is 7. The molecule has 0 fully saturated rings. The summed E-state index contributed by atoms with van der Waals surface area (Å²) >= 11 is 5.76. The third-order valence-electron chi connectivity index (χ3n) is 2.94. The van der Waals surface area contributed by atoms with E-state index in [0.717, 1.165) is 12.2 Å². The first-order chi connectivity index (χ1) is 10.2. The second kappa shape index (κ2) is 5.57. The van der Waals surface area contributed by atoms with Crippen LogP contribution in [-0.2, 0) is 13.0 Å². The van der Waals surface area contributed by atoms with Crippen molar-refractivity contribution in [2.75, 3.05) is 0 Å². The smallest absolute Gasteiger partial charge is 0.151 e. The van der Waals surface area contributed by atoms with Gasteiger partial charge in [-0.1, -0.05) is 23.7 Å². The SMILES string of the molecule is CCc1nnnn1Cc1cn(-c2ccc(F)c(Cl)c2)nn1. The Kier molecular flexibility index (Phi) is 3.61. The molecule has 0 aliphatic heterocycles. The van der Waals surface area contributed by atoms with E-state index < -0.39 is 5.82 Å². The number of tetrazole rings is 1. The fraction of sp³-hybridized carbons (Fsp3) is 0.250. The minimum absolute atomic E-state index is 0.0401. The zero-order valence-corrected chi connectivity index (χ0v) is 11.9. The van der Waals surface area contributed by atoms with Crippen LogP contribution in [-0.4, -0.2) is 35.2 Å². The molecular weight excluding hydrogens is 297 g/mol. The molecular formula is C12H11ClFN7. The molecule has 0 saturated carbocycles. The molecule has 0 atom stereocenters. The average molecular weight is 308 g/mol.